The van der Waals surface area contributed by atoms with Crippen LogP contribution in [0.25, 0.3) is 22.6 Å². The molecular weight excluding hydrogens is 433 g/mol. The number of aromatic nitrogens is 6. The lowest BCUT2D eigenvalue weighted by Crippen LogP contribution is -2.09. The Balaban J connectivity index is 1.23. The second-order valence-corrected chi connectivity index (χ2v) is 8.50. The Morgan fingerprint density at radius 2 is 1.97 bits per heavy atom. The number of aromatic amines is 1. The van der Waals surface area contributed by atoms with Crippen molar-refractivity contribution in [1.29, 1.82) is 0 Å². The van der Waals surface area contributed by atoms with Crippen molar-refractivity contribution in [2.75, 3.05) is 6.61 Å². The minimum absolute atomic E-state index is 0.207. The van der Waals surface area contributed by atoms with Gasteiger partial charge in [0.15, 0.2) is 5.69 Å². The van der Waals surface area contributed by atoms with Crippen LogP contribution in [0.15, 0.2) is 49.1 Å². The molecule has 7 nitrogen and oxygen atoms in total. The summed E-state index contributed by atoms with van der Waals surface area (Å²) >= 11 is 0. The highest BCUT2D eigenvalue weighted by Crippen LogP contribution is 2.44. The van der Waals surface area contributed by atoms with Crippen molar-refractivity contribution < 1.29 is 17.9 Å². The highest BCUT2D eigenvalue weighted by atomic mass is 19.4. The summed E-state index contributed by atoms with van der Waals surface area (Å²) in [5.74, 6) is 1.85. The van der Waals surface area contributed by atoms with E-state index in [4.69, 9.17) is 4.74 Å². The number of imidazole rings is 1. The van der Waals surface area contributed by atoms with E-state index in [9.17, 15) is 13.2 Å². The van der Waals surface area contributed by atoms with Crippen LogP contribution in [0.4, 0.5) is 13.2 Å². The van der Waals surface area contributed by atoms with Crippen molar-refractivity contribution in [2.45, 2.75) is 37.4 Å². The molecule has 0 bridgehead atoms. The molecule has 1 atom stereocenters. The minimum Gasteiger partial charge on any atom is -0.493 e. The maximum Gasteiger partial charge on any atom is 0.435 e. The molecule has 33 heavy (non-hydrogen) atoms. The minimum atomic E-state index is -4.58. The molecule has 168 valence electrons. The molecule has 4 heterocycles. The lowest BCUT2D eigenvalue weighted by molar-refractivity contribution is -0.140. The fourth-order valence-electron chi connectivity index (χ4n) is 4.31. The van der Waals surface area contributed by atoms with E-state index in [1.54, 1.807) is 6.33 Å². The van der Waals surface area contributed by atoms with Gasteiger partial charge in [-0.15, -0.1) is 5.10 Å². The Labute approximate surface area is 186 Å². The summed E-state index contributed by atoms with van der Waals surface area (Å²) in [6, 6.07) is 9.54. The zero-order valence-electron chi connectivity index (χ0n) is 17.4. The molecule has 4 aromatic rings. The summed E-state index contributed by atoms with van der Waals surface area (Å²) in [4.78, 5) is 8.70. The number of nitrogens with zero attached hydrogens (tertiary/aromatic N) is 5. The summed E-state index contributed by atoms with van der Waals surface area (Å²) in [6.07, 6.45) is 2.92. The highest BCUT2D eigenvalue weighted by Gasteiger charge is 2.37. The number of hydrogen-bond acceptors (Lipinski definition) is 5. The number of nitrogens with one attached hydrogen (secondary N) is 1. The monoisotopic (exact) mass is 452 g/mol. The molecule has 1 saturated carbocycles. The van der Waals surface area contributed by atoms with Crippen LogP contribution in [0.2, 0.25) is 0 Å². The first kappa shape index (κ1) is 20.0. The number of pyridine rings is 1. The molecule has 1 N–H and O–H groups in total. The largest absolute Gasteiger partial charge is 0.493 e. The Morgan fingerprint density at radius 3 is 2.79 bits per heavy atom. The van der Waals surface area contributed by atoms with E-state index in [0.717, 1.165) is 5.75 Å². The summed E-state index contributed by atoms with van der Waals surface area (Å²) in [5, 5.41) is 8.86. The van der Waals surface area contributed by atoms with Crippen LogP contribution in [0.5, 0.6) is 5.75 Å². The first-order valence-corrected chi connectivity index (χ1v) is 10.7. The van der Waals surface area contributed by atoms with Gasteiger partial charge in [0.05, 0.1) is 18.6 Å². The quantitative estimate of drug-likeness (QED) is 0.470. The van der Waals surface area contributed by atoms with E-state index < -0.39 is 11.9 Å². The molecule has 10 heteroatoms. The van der Waals surface area contributed by atoms with Crippen LogP contribution in [0.1, 0.15) is 41.5 Å². The number of alkyl halides is 3. The van der Waals surface area contributed by atoms with Crippen molar-refractivity contribution in [2.24, 2.45) is 0 Å². The van der Waals surface area contributed by atoms with Crippen LogP contribution in [-0.2, 0) is 12.7 Å². The molecule has 0 saturated heterocycles. The van der Waals surface area contributed by atoms with Gasteiger partial charge in [-0.25, -0.2) is 4.98 Å². The number of halogens is 3. The van der Waals surface area contributed by atoms with Gasteiger partial charge in [0.25, 0.3) is 0 Å². The van der Waals surface area contributed by atoms with Crippen LogP contribution in [0.3, 0.4) is 0 Å². The third-order valence-corrected chi connectivity index (χ3v) is 6.16. The van der Waals surface area contributed by atoms with Gasteiger partial charge in [-0.3, -0.25) is 10.1 Å². The molecule has 1 aromatic carbocycles. The van der Waals surface area contributed by atoms with Gasteiger partial charge in [-0.1, -0.05) is 17.3 Å². The summed E-state index contributed by atoms with van der Waals surface area (Å²) in [7, 11) is 0. The zero-order chi connectivity index (χ0) is 22.6. The Bertz CT molecular complexity index is 1320. The molecular formula is C23H19F3N6O. The van der Waals surface area contributed by atoms with Gasteiger partial charge in [-0.05, 0) is 42.5 Å². The highest BCUT2D eigenvalue weighted by molar-refractivity contribution is 5.67. The zero-order valence-corrected chi connectivity index (χ0v) is 17.4. The van der Waals surface area contributed by atoms with Gasteiger partial charge >= 0.3 is 6.18 Å². The smallest absolute Gasteiger partial charge is 0.435 e. The molecule has 1 aliphatic heterocycles. The standard InChI is InChI=1S/C23H19F3N6O/c24-23(25,26)22-21(29-31-30-22)15-5-6-27-18(7-15)19-10-32(12-28-19)9-16-11-33-20-8-14(13-1-2-13)3-4-17(16)20/h3-8,10,12-13,16H,1-2,9,11H2,(H,29,30,31)/t16-/m1/s1. The second-order valence-electron chi connectivity index (χ2n) is 8.50. The Morgan fingerprint density at radius 1 is 1.09 bits per heavy atom. The van der Waals surface area contributed by atoms with E-state index in [0.29, 0.717) is 30.5 Å². The van der Waals surface area contributed by atoms with Crippen molar-refractivity contribution in [3.63, 3.8) is 0 Å². The van der Waals surface area contributed by atoms with Gasteiger partial charge in [0, 0.05) is 36.0 Å². The van der Waals surface area contributed by atoms with E-state index >= 15 is 0 Å². The molecule has 0 unspecified atom stereocenters. The summed E-state index contributed by atoms with van der Waals surface area (Å²) < 4.78 is 47.5. The number of ether oxygens (including phenoxy) is 1. The van der Waals surface area contributed by atoms with E-state index in [2.05, 4.69) is 38.5 Å². The molecule has 3 aromatic heterocycles. The molecule has 0 spiro atoms. The van der Waals surface area contributed by atoms with E-state index in [1.165, 1.54) is 42.3 Å². The molecule has 1 aliphatic carbocycles. The Hall–Kier alpha value is -3.69. The normalized spacial score (nSPS) is 17.7. The van der Waals surface area contributed by atoms with Crippen molar-refractivity contribution >= 4 is 0 Å². The lowest BCUT2D eigenvalue weighted by Gasteiger charge is -2.10. The van der Waals surface area contributed by atoms with E-state index in [1.807, 2.05) is 15.9 Å². The Kier molecular flexibility index (Phi) is 4.49. The molecule has 0 radical (unpaired) electrons. The maximum absolute atomic E-state index is 13.2. The van der Waals surface area contributed by atoms with Gasteiger partial charge in [0.2, 0.25) is 0 Å². The average Bonchev–Trinajstić information content (AvgIpc) is 3.20. The van der Waals surface area contributed by atoms with Crippen molar-refractivity contribution in [3.8, 4) is 28.4 Å². The second kappa shape index (κ2) is 7.43. The average molecular weight is 452 g/mol. The van der Waals surface area contributed by atoms with Crippen molar-refractivity contribution in [1.82, 2.24) is 29.9 Å². The number of hydrogen-bond donors (Lipinski definition) is 1. The predicted molar refractivity (Wildman–Crippen MR) is 112 cm³/mol. The van der Waals surface area contributed by atoms with Gasteiger partial charge < -0.3 is 9.30 Å². The van der Waals surface area contributed by atoms with Gasteiger partial charge in [0.1, 0.15) is 17.1 Å². The number of H-pyrrole nitrogens is 1. The molecule has 6 rings (SSSR count). The van der Waals surface area contributed by atoms with Gasteiger partial charge in [-0.2, -0.15) is 13.2 Å². The lowest BCUT2D eigenvalue weighted by atomic mass is 9.98. The topological polar surface area (TPSA) is 81.5 Å². The fourth-order valence-corrected chi connectivity index (χ4v) is 4.31. The third-order valence-electron chi connectivity index (χ3n) is 6.16. The fraction of sp³-hybridized carbons (Fsp3) is 0.304. The summed E-state index contributed by atoms with van der Waals surface area (Å²) in [6.45, 7) is 1.29. The molecule has 0 amide bonds. The van der Waals surface area contributed by atoms with Crippen LogP contribution in [-0.4, -0.2) is 36.6 Å². The van der Waals surface area contributed by atoms with E-state index in [-0.39, 0.29) is 17.2 Å². The number of rotatable bonds is 5. The number of fused-ring (bicyclic) bond motifs is 1. The summed E-state index contributed by atoms with van der Waals surface area (Å²) in [5.41, 5.74) is 2.58. The predicted octanol–water partition coefficient (Wildman–Crippen LogP) is 4.80. The maximum atomic E-state index is 13.2. The van der Waals surface area contributed by atoms with Crippen molar-refractivity contribution in [3.05, 3.63) is 65.9 Å². The first-order chi connectivity index (χ1) is 16.0. The molecule has 2 aliphatic rings. The molecule has 1 fully saturated rings. The SMILES string of the molecule is FC(F)(F)c1[nH]nnc1-c1ccnc(-c2cn(C[C@@H]3COc4cc(C5CC5)ccc43)cn2)c1. The van der Waals surface area contributed by atoms with Crippen LogP contribution < -0.4 is 4.74 Å². The number of benzene rings is 1. The van der Waals surface area contributed by atoms with Crippen LogP contribution >= 0.6 is 0 Å². The third kappa shape index (κ3) is 3.75. The first-order valence-electron chi connectivity index (χ1n) is 10.7. The van der Waals surface area contributed by atoms with Crippen LogP contribution in [0, 0.1) is 0 Å².